The average molecular weight is 383 g/mol. The van der Waals surface area contributed by atoms with Crippen molar-refractivity contribution in [1.29, 1.82) is 0 Å². The summed E-state index contributed by atoms with van der Waals surface area (Å²) in [5.41, 5.74) is 1.23. The Kier molecular flexibility index (Phi) is 5.41. The Morgan fingerprint density at radius 1 is 0.926 bits per heavy atom. The third-order valence-electron chi connectivity index (χ3n) is 5.17. The van der Waals surface area contributed by atoms with Crippen molar-refractivity contribution in [3.63, 3.8) is 0 Å². The van der Waals surface area contributed by atoms with Crippen LogP contribution in [0, 0.1) is 0 Å². The first-order valence-corrected chi connectivity index (χ1v) is 9.76. The highest BCUT2D eigenvalue weighted by Gasteiger charge is 2.17. The van der Waals surface area contributed by atoms with E-state index in [4.69, 9.17) is 11.6 Å². The topological polar surface area (TPSA) is 41.4 Å². The maximum absolute atomic E-state index is 12.5. The van der Waals surface area contributed by atoms with Crippen molar-refractivity contribution >= 4 is 28.1 Å². The van der Waals surface area contributed by atoms with Gasteiger partial charge in [-0.2, -0.15) is 5.10 Å². The number of benzene rings is 2. The summed E-state index contributed by atoms with van der Waals surface area (Å²) in [6, 6.07) is 15.7. The molecule has 1 saturated heterocycles. The fraction of sp³-hybridized carbons (Fsp3) is 0.333. The van der Waals surface area contributed by atoms with E-state index in [9.17, 15) is 4.79 Å². The van der Waals surface area contributed by atoms with Crippen molar-refractivity contribution in [2.45, 2.75) is 13.0 Å². The van der Waals surface area contributed by atoms with Crippen molar-refractivity contribution in [1.82, 2.24) is 14.7 Å². The van der Waals surface area contributed by atoms with E-state index >= 15 is 0 Å². The fourth-order valence-electron chi connectivity index (χ4n) is 3.61. The molecular weight excluding hydrogens is 360 g/mol. The van der Waals surface area contributed by atoms with Gasteiger partial charge in [-0.05, 0) is 36.8 Å². The van der Waals surface area contributed by atoms with Crippen LogP contribution in [0.1, 0.15) is 6.42 Å². The molecule has 0 radical (unpaired) electrons. The van der Waals surface area contributed by atoms with Gasteiger partial charge in [0.15, 0.2) is 0 Å². The summed E-state index contributed by atoms with van der Waals surface area (Å²) in [6.07, 6.45) is 2.70. The molecule has 2 heterocycles. The van der Waals surface area contributed by atoms with E-state index in [1.807, 2.05) is 36.4 Å². The molecule has 1 aliphatic rings. The zero-order chi connectivity index (χ0) is 18.6. The van der Waals surface area contributed by atoms with Crippen LogP contribution in [0.3, 0.4) is 0 Å². The van der Waals surface area contributed by atoms with Crippen LogP contribution in [0.25, 0.3) is 10.8 Å². The molecule has 6 heteroatoms. The van der Waals surface area contributed by atoms with E-state index in [-0.39, 0.29) is 5.56 Å². The molecule has 1 aromatic heterocycles. The number of rotatable bonds is 5. The van der Waals surface area contributed by atoms with E-state index in [1.165, 1.54) is 5.69 Å². The van der Waals surface area contributed by atoms with Crippen LogP contribution in [-0.4, -0.2) is 47.4 Å². The summed E-state index contributed by atoms with van der Waals surface area (Å²) >= 11 is 5.97. The van der Waals surface area contributed by atoms with E-state index in [1.54, 1.807) is 10.9 Å². The van der Waals surface area contributed by atoms with Crippen LogP contribution in [0.5, 0.6) is 0 Å². The smallest absolute Gasteiger partial charge is 0.274 e. The van der Waals surface area contributed by atoms with Crippen molar-refractivity contribution in [2.24, 2.45) is 0 Å². The van der Waals surface area contributed by atoms with Crippen molar-refractivity contribution in [2.75, 3.05) is 37.6 Å². The minimum atomic E-state index is 0.000609. The van der Waals surface area contributed by atoms with Gasteiger partial charge in [-0.1, -0.05) is 29.8 Å². The van der Waals surface area contributed by atoms with Crippen LogP contribution in [0.15, 0.2) is 59.5 Å². The first-order chi connectivity index (χ1) is 13.2. The first kappa shape index (κ1) is 18.0. The molecule has 0 atom stereocenters. The maximum atomic E-state index is 12.5. The minimum absolute atomic E-state index is 0.000609. The molecule has 0 aliphatic carbocycles. The van der Waals surface area contributed by atoms with Crippen molar-refractivity contribution in [3.8, 4) is 0 Å². The minimum Gasteiger partial charge on any atom is -0.369 e. The third-order valence-corrected chi connectivity index (χ3v) is 5.42. The monoisotopic (exact) mass is 382 g/mol. The van der Waals surface area contributed by atoms with Crippen LogP contribution in [0.2, 0.25) is 5.02 Å². The molecule has 1 aliphatic heterocycles. The second kappa shape index (κ2) is 8.11. The Hall–Kier alpha value is -2.37. The van der Waals surface area contributed by atoms with Gasteiger partial charge in [-0.25, -0.2) is 4.68 Å². The molecular formula is C21H23ClN4O. The Balaban J connectivity index is 1.29. The van der Waals surface area contributed by atoms with E-state index in [2.05, 4.69) is 27.0 Å². The largest absolute Gasteiger partial charge is 0.369 e. The quantitative estimate of drug-likeness (QED) is 0.679. The zero-order valence-corrected chi connectivity index (χ0v) is 16.0. The number of aromatic nitrogens is 2. The predicted octanol–water partition coefficient (Wildman–Crippen LogP) is 3.26. The molecule has 4 rings (SSSR count). The number of piperazine rings is 1. The van der Waals surface area contributed by atoms with Gasteiger partial charge in [0.05, 0.1) is 11.6 Å². The van der Waals surface area contributed by atoms with E-state index in [0.717, 1.165) is 54.9 Å². The molecule has 27 heavy (non-hydrogen) atoms. The lowest BCUT2D eigenvalue weighted by atomic mass is 10.2. The third kappa shape index (κ3) is 4.15. The van der Waals surface area contributed by atoms with Gasteiger partial charge in [0.25, 0.3) is 5.56 Å². The molecule has 140 valence electrons. The number of hydrogen-bond acceptors (Lipinski definition) is 4. The van der Waals surface area contributed by atoms with Gasteiger partial charge in [-0.15, -0.1) is 0 Å². The van der Waals surface area contributed by atoms with E-state index in [0.29, 0.717) is 6.54 Å². The lowest BCUT2D eigenvalue weighted by Crippen LogP contribution is -2.46. The second-order valence-electron chi connectivity index (χ2n) is 6.92. The number of aryl methyl sites for hydroxylation is 1. The van der Waals surface area contributed by atoms with Crippen LogP contribution in [-0.2, 0) is 6.54 Å². The summed E-state index contributed by atoms with van der Waals surface area (Å²) in [6.45, 7) is 5.72. The lowest BCUT2D eigenvalue weighted by Gasteiger charge is -2.36. The van der Waals surface area contributed by atoms with Gasteiger partial charge in [0, 0.05) is 55.4 Å². The highest BCUT2D eigenvalue weighted by atomic mass is 35.5. The molecule has 0 unspecified atom stereocenters. The molecule has 0 spiro atoms. The number of halogens is 1. The molecule has 0 bridgehead atoms. The van der Waals surface area contributed by atoms with Crippen LogP contribution in [0.4, 0.5) is 5.69 Å². The Morgan fingerprint density at radius 3 is 2.44 bits per heavy atom. The molecule has 2 aromatic carbocycles. The number of anilines is 1. The number of nitrogens with zero attached hydrogens (tertiary/aromatic N) is 4. The fourth-order valence-corrected chi connectivity index (χ4v) is 3.74. The molecule has 5 nitrogen and oxygen atoms in total. The molecule has 3 aromatic rings. The first-order valence-electron chi connectivity index (χ1n) is 9.38. The Morgan fingerprint density at radius 2 is 1.67 bits per heavy atom. The van der Waals surface area contributed by atoms with Gasteiger partial charge in [0.2, 0.25) is 0 Å². The van der Waals surface area contributed by atoms with Crippen LogP contribution < -0.4 is 10.5 Å². The normalized spacial score (nSPS) is 15.4. The second-order valence-corrected chi connectivity index (χ2v) is 7.36. The Labute approximate surface area is 163 Å². The summed E-state index contributed by atoms with van der Waals surface area (Å²) in [7, 11) is 0. The molecule has 0 amide bonds. The van der Waals surface area contributed by atoms with Gasteiger partial charge < -0.3 is 4.90 Å². The Bertz CT molecular complexity index is 962. The summed E-state index contributed by atoms with van der Waals surface area (Å²) < 4.78 is 1.59. The lowest BCUT2D eigenvalue weighted by molar-refractivity contribution is 0.248. The van der Waals surface area contributed by atoms with Crippen molar-refractivity contribution < 1.29 is 0 Å². The molecule has 1 fully saturated rings. The predicted molar refractivity (Wildman–Crippen MR) is 111 cm³/mol. The zero-order valence-electron chi connectivity index (χ0n) is 15.2. The number of fused-ring (bicyclic) bond motifs is 1. The van der Waals surface area contributed by atoms with E-state index < -0.39 is 0 Å². The molecule has 0 N–H and O–H groups in total. The highest BCUT2D eigenvalue weighted by Crippen LogP contribution is 2.19. The van der Waals surface area contributed by atoms with Crippen LogP contribution >= 0.6 is 11.6 Å². The summed E-state index contributed by atoms with van der Waals surface area (Å²) in [4.78, 5) is 17.4. The van der Waals surface area contributed by atoms with Gasteiger partial charge in [0.1, 0.15) is 0 Å². The van der Waals surface area contributed by atoms with Gasteiger partial charge in [-0.3, -0.25) is 9.69 Å². The standard InChI is InChI=1S/C21H23ClN4O/c22-18-6-8-19(9-7-18)25-14-12-24(13-15-25)10-3-11-26-21(27)20-5-2-1-4-17(20)16-23-26/h1-2,4-9,16H,3,10-15H2. The van der Waals surface area contributed by atoms with Gasteiger partial charge >= 0.3 is 0 Å². The average Bonchev–Trinajstić information content (AvgIpc) is 2.71. The molecule has 0 saturated carbocycles. The summed E-state index contributed by atoms with van der Waals surface area (Å²) in [5.74, 6) is 0. The highest BCUT2D eigenvalue weighted by molar-refractivity contribution is 6.30. The summed E-state index contributed by atoms with van der Waals surface area (Å²) in [5, 5.41) is 6.73. The van der Waals surface area contributed by atoms with Crippen molar-refractivity contribution in [3.05, 3.63) is 70.1 Å². The maximum Gasteiger partial charge on any atom is 0.274 e. The SMILES string of the molecule is O=c1c2ccccc2cnn1CCCN1CCN(c2ccc(Cl)cc2)CC1. The number of hydrogen-bond donors (Lipinski definition) is 0.